The number of hydrogen-bond donors (Lipinski definition) is 2. The van der Waals surface area contributed by atoms with E-state index in [0.717, 1.165) is 17.0 Å². The number of carbonyl (C=O) groups is 1. The second-order valence-corrected chi connectivity index (χ2v) is 6.17. The zero-order chi connectivity index (χ0) is 15.9. The zero-order valence-corrected chi connectivity index (χ0v) is 12.1. The number of anilines is 1. The Bertz CT molecular complexity index is 724. The number of hydrogen-bond acceptors (Lipinski definition) is 4. The lowest BCUT2D eigenvalue weighted by atomic mass is 9.99. The SMILES string of the molecule is N[C@H]1CCc2nc(NC(=O)c3c(F)cc(F)cc3F)sc2C1. The number of benzene rings is 1. The Kier molecular flexibility index (Phi) is 3.88. The molecule has 22 heavy (non-hydrogen) atoms. The van der Waals surface area contributed by atoms with E-state index in [-0.39, 0.29) is 11.2 Å². The van der Waals surface area contributed by atoms with Gasteiger partial charge in [0.05, 0.1) is 5.69 Å². The molecule has 0 unspecified atom stereocenters. The molecule has 0 saturated heterocycles. The highest BCUT2D eigenvalue weighted by atomic mass is 32.1. The first-order valence-corrected chi connectivity index (χ1v) is 7.45. The quantitative estimate of drug-likeness (QED) is 0.891. The van der Waals surface area contributed by atoms with E-state index >= 15 is 0 Å². The van der Waals surface area contributed by atoms with Crippen molar-refractivity contribution in [2.75, 3.05) is 5.32 Å². The second kappa shape index (κ2) is 5.69. The Balaban J connectivity index is 1.83. The first kappa shape index (κ1) is 15.0. The molecule has 1 atom stereocenters. The molecule has 2 aromatic rings. The average molecular weight is 327 g/mol. The summed E-state index contributed by atoms with van der Waals surface area (Å²) >= 11 is 1.23. The highest BCUT2D eigenvalue weighted by molar-refractivity contribution is 7.15. The van der Waals surface area contributed by atoms with Crippen LogP contribution in [0.4, 0.5) is 18.3 Å². The van der Waals surface area contributed by atoms with Gasteiger partial charge in [0, 0.05) is 23.1 Å². The van der Waals surface area contributed by atoms with E-state index in [0.29, 0.717) is 25.0 Å². The number of carbonyl (C=O) groups excluding carboxylic acids is 1. The number of nitrogens with zero attached hydrogens (tertiary/aromatic N) is 1. The Morgan fingerprint density at radius 3 is 2.68 bits per heavy atom. The fraction of sp³-hybridized carbons (Fsp3) is 0.286. The van der Waals surface area contributed by atoms with Gasteiger partial charge in [-0.15, -0.1) is 11.3 Å². The summed E-state index contributed by atoms with van der Waals surface area (Å²) in [6.45, 7) is 0. The van der Waals surface area contributed by atoms with Gasteiger partial charge in [-0.3, -0.25) is 10.1 Å². The summed E-state index contributed by atoms with van der Waals surface area (Å²) in [5.74, 6) is -4.58. The molecule has 0 radical (unpaired) electrons. The van der Waals surface area contributed by atoms with Crippen molar-refractivity contribution in [3.8, 4) is 0 Å². The van der Waals surface area contributed by atoms with Gasteiger partial charge in [0.25, 0.3) is 5.91 Å². The molecule has 1 amide bonds. The number of nitrogens with one attached hydrogen (secondary N) is 1. The fourth-order valence-electron chi connectivity index (χ4n) is 2.37. The van der Waals surface area contributed by atoms with Crippen molar-refractivity contribution >= 4 is 22.4 Å². The molecular formula is C14H12F3N3OS. The predicted octanol–water partition coefficient (Wildman–Crippen LogP) is 2.63. The van der Waals surface area contributed by atoms with Gasteiger partial charge < -0.3 is 5.73 Å². The molecule has 1 aliphatic carbocycles. The maximum absolute atomic E-state index is 13.6. The van der Waals surface area contributed by atoms with Crippen LogP contribution in [0.2, 0.25) is 0 Å². The number of fused-ring (bicyclic) bond motifs is 1. The van der Waals surface area contributed by atoms with Crippen LogP contribution >= 0.6 is 11.3 Å². The minimum absolute atomic E-state index is 0.0588. The van der Waals surface area contributed by atoms with Crippen LogP contribution in [0, 0.1) is 17.5 Å². The third-order valence-electron chi connectivity index (χ3n) is 3.43. The summed E-state index contributed by atoms with van der Waals surface area (Å²) in [5.41, 5.74) is 5.88. The van der Waals surface area contributed by atoms with E-state index in [1.165, 1.54) is 11.3 Å². The molecule has 3 rings (SSSR count). The topological polar surface area (TPSA) is 68.0 Å². The normalized spacial score (nSPS) is 17.2. The van der Waals surface area contributed by atoms with Crippen molar-refractivity contribution in [2.45, 2.75) is 25.3 Å². The van der Waals surface area contributed by atoms with Gasteiger partial charge in [0.15, 0.2) is 5.13 Å². The van der Waals surface area contributed by atoms with Gasteiger partial charge in [0.1, 0.15) is 23.0 Å². The van der Waals surface area contributed by atoms with Gasteiger partial charge in [-0.05, 0) is 19.3 Å². The maximum Gasteiger partial charge on any atom is 0.263 e. The van der Waals surface area contributed by atoms with E-state index < -0.39 is 28.9 Å². The number of rotatable bonds is 2. The minimum Gasteiger partial charge on any atom is -0.327 e. The summed E-state index contributed by atoms with van der Waals surface area (Å²) in [4.78, 5) is 17.2. The Morgan fingerprint density at radius 2 is 2.00 bits per heavy atom. The predicted molar refractivity (Wildman–Crippen MR) is 76.4 cm³/mol. The zero-order valence-electron chi connectivity index (χ0n) is 11.3. The summed E-state index contributed by atoms with van der Waals surface area (Å²) in [6, 6.07) is 0.983. The van der Waals surface area contributed by atoms with Crippen LogP contribution < -0.4 is 11.1 Å². The highest BCUT2D eigenvalue weighted by Crippen LogP contribution is 2.29. The van der Waals surface area contributed by atoms with Crippen molar-refractivity contribution in [1.29, 1.82) is 0 Å². The third kappa shape index (κ3) is 2.84. The van der Waals surface area contributed by atoms with Crippen molar-refractivity contribution < 1.29 is 18.0 Å². The van der Waals surface area contributed by atoms with Gasteiger partial charge in [-0.25, -0.2) is 18.2 Å². The van der Waals surface area contributed by atoms with Crippen LogP contribution in [0.5, 0.6) is 0 Å². The molecular weight excluding hydrogens is 315 g/mol. The monoisotopic (exact) mass is 327 g/mol. The lowest BCUT2D eigenvalue weighted by Gasteiger charge is -2.15. The summed E-state index contributed by atoms with van der Waals surface area (Å²) in [7, 11) is 0. The van der Waals surface area contributed by atoms with Crippen molar-refractivity contribution in [3.63, 3.8) is 0 Å². The summed E-state index contributed by atoms with van der Waals surface area (Å²) in [6.07, 6.45) is 2.19. The lowest BCUT2D eigenvalue weighted by Crippen LogP contribution is -2.27. The number of thiazole rings is 1. The third-order valence-corrected chi connectivity index (χ3v) is 4.47. The first-order valence-electron chi connectivity index (χ1n) is 6.64. The maximum atomic E-state index is 13.6. The van der Waals surface area contributed by atoms with Gasteiger partial charge in [-0.2, -0.15) is 0 Å². The standard InChI is InChI=1S/C14H12F3N3OS/c15-6-3-8(16)12(9(17)4-6)13(21)20-14-19-10-2-1-7(18)5-11(10)22-14/h3-4,7H,1-2,5,18H2,(H,19,20,21)/t7-/m0/s1. The van der Waals surface area contributed by atoms with Crippen LogP contribution in [0.3, 0.4) is 0 Å². The first-order chi connectivity index (χ1) is 10.4. The van der Waals surface area contributed by atoms with Gasteiger partial charge in [0.2, 0.25) is 0 Å². The van der Waals surface area contributed by atoms with Crippen LogP contribution in [-0.4, -0.2) is 16.9 Å². The van der Waals surface area contributed by atoms with Crippen molar-refractivity contribution in [2.24, 2.45) is 5.73 Å². The molecule has 1 aromatic heterocycles. The molecule has 0 aliphatic heterocycles. The Labute approximate surface area is 128 Å². The molecule has 1 aliphatic rings. The van der Waals surface area contributed by atoms with Gasteiger partial charge in [-0.1, -0.05) is 0 Å². The van der Waals surface area contributed by atoms with Crippen LogP contribution in [0.1, 0.15) is 27.3 Å². The second-order valence-electron chi connectivity index (χ2n) is 5.09. The number of amides is 1. The molecule has 4 nitrogen and oxygen atoms in total. The van der Waals surface area contributed by atoms with E-state index in [4.69, 9.17) is 5.73 Å². The van der Waals surface area contributed by atoms with E-state index in [1.54, 1.807) is 0 Å². The number of aryl methyl sites for hydroxylation is 1. The molecule has 1 heterocycles. The molecule has 0 fully saturated rings. The highest BCUT2D eigenvalue weighted by Gasteiger charge is 2.23. The van der Waals surface area contributed by atoms with Crippen molar-refractivity contribution in [1.82, 2.24) is 4.98 Å². The van der Waals surface area contributed by atoms with Gasteiger partial charge >= 0.3 is 0 Å². The molecule has 8 heteroatoms. The fourth-order valence-corrected chi connectivity index (χ4v) is 3.47. The van der Waals surface area contributed by atoms with Crippen LogP contribution in [0.25, 0.3) is 0 Å². The van der Waals surface area contributed by atoms with E-state index in [1.807, 2.05) is 0 Å². The van der Waals surface area contributed by atoms with Crippen molar-refractivity contribution in [3.05, 3.63) is 45.7 Å². The molecule has 3 N–H and O–H groups in total. The van der Waals surface area contributed by atoms with E-state index in [9.17, 15) is 18.0 Å². The molecule has 1 aromatic carbocycles. The Morgan fingerprint density at radius 1 is 1.32 bits per heavy atom. The molecule has 0 spiro atoms. The van der Waals surface area contributed by atoms with Crippen LogP contribution in [0.15, 0.2) is 12.1 Å². The lowest BCUT2D eigenvalue weighted by molar-refractivity contribution is 0.101. The van der Waals surface area contributed by atoms with E-state index in [2.05, 4.69) is 10.3 Å². The number of halogens is 3. The minimum atomic E-state index is -1.25. The average Bonchev–Trinajstić information content (AvgIpc) is 2.78. The largest absolute Gasteiger partial charge is 0.327 e. The molecule has 0 saturated carbocycles. The summed E-state index contributed by atoms with van der Waals surface area (Å²) < 4.78 is 40.0. The number of nitrogens with two attached hydrogens (primary N) is 1. The smallest absolute Gasteiger partial charge is 0.263 e. The molecule has 116 valence electrons. The van der Waals surface area contributed by atoms with Crippen LogP contribution in [-0.2, 0) is 12.8 Å². The molecule has 0 bridgehead atoms. The summed E-state index contributed by atoms with van der Waals surface area (Å²) in [5, 5.41) is 2.61. The Hall–Kier alpha value is -1.93. The number of aromatic nitrogens is 1.